The Hall–Kier alpha value is -1.03. The summed E-state index contributed by atoms with van der Waals surface area (Å²) < 4.78 is 5.78. The van der Waals surface area contributed by atoms with Gasteiger partial charge in [0.1, 0.15) is 0 Å². The third-order valence-corrected chi connectivity index (χ3v) is 4.19. The Balaban J connectivity index is 2.01. The number of nitrogens with zero attached hydrogens (tertiary/aromatic N) is 1. The van der Waals surface area contributed by atoms with Crippen molar-refractivity contribution in [3.8, 4) is 0 Å². The minimum atomic E-state index is -0.156. The van der Waals surface area contributed by atoms with Gasteiger partial charge in [-0.3, -0.25) is 4.79 Å². The van der Waals surface area contributed by atoms with E-state index in [0.717, 1.165) is 29.5 Å². The minimum Gasteiger partial charge on any atom is -0.469 e. The SMILES string of the molecule is COC(=O)CCc1ccc(N2CCCCC2)c(Br)c1. The van der Waals surface area contributed by atoms with Gasteiger partial charge in [-0.1, -0.05) is 6.07 Å². The van der Waals surface area contributed by atoms with E-state index in [4.69, 9.17) is 0 Å². The molecule has 0 saturated carbocycles. The maximum absolute atomic E-state index is 11.1. The van der Waals surface area contributed by atoms with Crippen molar-refractivity contribution in [2.24, 2.45) is 0 Å². The summed E-state index contributed by atoms with van der Waals surface area (Å²) in [6, 6.07) is 6.38. The molecule has 2 rings (SSSR count). The number of anilines is 1. The summed E-state index contributed by atoms with van der Waals surface area (Å²) in [6.45, 7) is 2.28. The van der Waals surface area contributed by atoms with E-state index < -0.39 is 0 Å². The van der Waals surface area contributed by atoms with E-state index in [1.54, 1.807) is 0 Å². The average molecular weight is 326 g/mol. The van der Waals surface area contributed by atoms with E-state index >= 15 is 0 Å². The number of ether oxygens (including phenoxy) is 1. The van der Waals surface area contributed by atoms with Crippen molar-refractivity contribution in [1.29, 1.82) is 0 Å². The van der Waals surface area contributed by atoms with Crippen molar-refractivity contribution in [2.45, 2.75) is 32.1 Å². The standard InChI is InChI=1S/C15H20BrNO2/c1-19-15(18)8-6-12-5-7-14(13(16)11-12)17-9-3-2-4-10-17/h5,7,11H,2-4,6,8-10H2,1H3. The number of rotatable bonds is 4. The van der Waals surface area contributed by atoms with Gasteiger partial charge >= 0.3 is 5.97 Å². The molecule has 0 amide bonds. The van der Waals surface area contributed by atoms with Crippen molar-refractivity contribution < 1.29 is 9.53 Å². The molecule has 0 aliphatic carbocycles. The molecular formula is C15H20BrNO2. The topological polar surface area (TPSA) is 29.5 Å². The van der Waals surface area contributed by atoms with Crippen LogP contribution in [0.25, 0.3) is 0 Å². The summed E-state index contributed by atoms with van der Waals surface area (Å²) in [7, 11) is 1.43. The number of hydrogen-bond acceptors (Lipinski definition) is 3. The smallest absolute Gasteiger partial charge is 0.305 e. The fraction of sp³-hybridized carbons (Fsp3) is 0.533. The highest BCUT2D eigenvalue weighted by Gasteiger charge is 2.14. The Morgan fingerprint density at radius 1 is 1.32 bits per heavy atom. The molecule has 1 fully saturated rings. The van der Waals surface area contributed by atoms with Gasteiger partial charge in [0.2, 0.25) is 0 Å². The number of hydrogen-bond donors (Lipinski definition) is 0. The number of aryl methyl sites for hydroxylation is 1. The van der Waals surface area contributed by atoms with Crippen molar-refractivity contribution in [3.63, 3.8) is 0 Å². The lowest BCUT2D eigenvalue weighted by molar-refractivity contribution is -0.140. The quantitative estimate of drug-likeness (QED) is 0.793. The number of halogens is 1. The lowest BCUT2D eigenvalue weighted by Gasteiger charge is -2.29. The summed E-state index contributed by atoms with van der Waals surface area (Å²) in [5, 5.41) is 0. The molecular weight excluding hydrogens is 306 g/mol. The maximum Gasteiger partial charge on any atom is 0.305 e. The molecule has 0 aromatic heterocycles. The molecule has 3 nitrogen and oxygen atoms in total. The third-order valence-electron chi connectivity index (χ3n) is 3.55. The van der Waals surface area contributed by atoms with Crippen LogP contribution < -0.4 is 4.90 Å². The van der Waals surface area contributed by atoms with Gasteiger partial charge in [-0.25, -0.2) is 0 Å². The maximum atomic E-state index is 11.1. The van der Waals surface area contributed by atoms with E-state index in [-0.39, 0.29) is 5.97 Å². The van der Waals surface area contributed by atoms with Gasteiger partial charge in [0, 0.05) is 24.0 Å². The lowest BCUT2D eigenvalue weighted by Crippen LogP contribution is -2.29. The second kappa shape index (κ2) is 6.94. The number of benzene rings is 1. The van der Waals surface area contributed by atoms with Gasteiger partial charge in [-0.05, 0) is 59.3 Å². The second-order valence-corrected chi connectivity index (χ2v) is 5.76. The predicted octanol–water partition coefficient (Wildman–Crippen LogP) is 3.55. The minimum absolute atomic E-state index is 0.156. The molecule has 1 aliphatic heterocycles. The molecule has 1 heterocycles. The van der Waals surface area contributed by atoms with Crippen molar-refractivity contribution in [2.75, 3.05) is 25.1 Å². The number of esters is 1. The first kappa shape index (κ1) is 14.4. The molecule has 0 bridgehead atoms. The summed E-state index contributed by atoms with van der Waals surface area (Å²) >= 11 is 3.65. The molecule has 0 radical (unpaired) electrons. The van der Waals surface area contributed by atoms with Crippen LogP contribution in [-0.4, -0.2) is 26.2 Å². The molecule has 0 N–H and O–H groups in total. The molecule has 0 spiro atoms. The van der Waals surface area contributed by atoms with Gasteiger partial charge in [0.05, 0.1) is 12.8 Å². The Morgan fingerprint density at radius 2 is 2.05 bits per heavy atom. The summed E-state index contributed by atoms with van der Waals surface area (Å²) in [5.74, 6) is -0.156. The zero-order valence-electron chi connectivity index (χ0n) is 11.3. The molecule has 104 valence electrons. The van der Waals surface area contributed by atoms with Crippen LogP contribution in [0, 0.1) is 0 Å². The van der Waals surface area contributed by atoms with Crippen molar-refractivity contribution in [1.82, 2.24) is 0 Å². The Bertz CT molecular complexity index is 442. The number of piperidine rings is 1. The normalized spacial score (nSPS) is 15.4. The van der Waals surface area contributed by atoms with E-state index in [9.17, 15) is 4.79 Å². The predicted molar refractivity (Wildman–Crippen MR) is 80.5 cm³/mol. The molecule has 0 atom stereocenters. The molecule has 1 aliphatic rings. The Morgan fingerprint density at radius 3 is 2.68 bits per heavy atom. The van der Waals surface area contributed by atoms with E-state index in [0.29, 0.717) is 6.42 Å². The zero-order chi connectivity index (χ0) is 13.7. The fourth-order valence-electron chi connectivity index (χ4n) is 2.45. The molecule has 1 aromatic rings. The van der Waals surface area contributed by atoms with Gasteiger partial charge in [-0.2, -0.15) is 0 Å². The lowest BCUT2D eigenvalue weighted by atomic mass is 10.1. The van der Waals surface area contributed by atoms with Crippen molar-refractivity contribution in [3.05, 3.63) is 28.2 Å². The first-order valence-electron chi connectivity index (χ1n) is 6.81. The summed E-state index contributed by atoms with van der Waals surface area (Å²) in [6.07, 6.45) is 5.05. The molecule has 0 unspecified atom stereocenters. The largest absolute Gasteiger partial charge is 0.469 e. The monoisotopic (exact) mass is 325 g/mol. The summed E-state index contributed by atoms with van der Waals surface area (Å²) in [5.41, 5.74) is 2.43. The van der Waals surface area contributed by atoms with Gasteiger partial charge in [0.25, 0.3) is 0 Å². The van der Waals surface area contributed by atoms with Crippen LogP contribution in [0.1, 0.15) is 31.2 Å². The number of methoxy groups -OCH3 is 1. The Labute approximate surface area is 123 Å². The number of carbonyl (C=O) groups excluding carboxylic acids is 1. The van der Waals surface area contributed by atoms with Crippen LogP contribution in [0.5, 0.6) is 0 Å². The van der Waals surface area contributed by atoms with Crippen LogP contribution in [0.15, 0.2) is 22.7 Å². The van der Waals surface area contributed by atoms with E-state index in [1.165, 1.54) is 32.1 Å². The van der Waals surface area contributed by atoms with Gasteiger partial charge in [0.15, 0.2) is 0 Å². The van der Waals surface area contributed by atoms with Crippen LogP contribution in [0.3, 0.4) is 0 Å². The highest BCUT2D eigenvalue weighted by molar-refractivity contribution is 9.10. The van der Waals surface area contributed by atoms with Crippen LogP contribution in [-0.2, 0) is 16.0 Å². The molecule has 1 saturated heterocycles. The van der Waals surface area contributed by atoms with Crippen LogP contribution in [0.4, 0.5) is 5.69 Å². The first-order valence-corrected chi connectivity index (χ1v) is 7.60. The third kappa shape index (κ3) is 3.96. The van der Waals surface area contributed by atoms with E-state index in [1.807, 2.05) is 0 Å². The second-order valence-electron chi connectivity index (χ2n) is 4.91. The van der Waals surface area contributed by atoms with Crippen LogP contribution >= 0.6 is 15.9 Å². The fourth-order valence-corrected chi connectivity index (χ4v) is 3.12. The highest BCUT2D eigenvalue weighted by Crippen LogP contribution is 2.29. The van der Waals surface area contributed by atoms with Crippen molar-refractivity contribution >= 4 is 27.6 Å². The molecule has 4 heteroatoms. The van der Waals surface area contributed by atoms with Gasteiger partial charge in [-0.15, -0.1) is 0 Å². The molecule has 1 aromatic carbocycles. The first-order chi connectivity index (χ1) is 9.20. The number of carbonyl (C=O) groups is 1. The van der Waals surface area contributed by atoms with Gasteiger partial charge < -0.3 is 9.64 Å². The summed E-state index contributed by atoms with van der Waals surface area (Å²) in [4.78, 5) is 13.6. The van der Waals surface area contributed by atoms with Crippen LogP contribution in [0.2, 0.25) is 0 Å². The molecule has 19 heavy (non-hydrogen) atoms. The Kier molecular flexibility index (Phi) is 5.25. The zero-order valence-corrected chi connectivity index (χ0v) is 12.9. The average Bonchev–Trinajstić information content (AvgIpc) is 2.45. The highest BCUT2D eigenvalue weighted by atomic mass is 79.9. The van der Waals surface area contributed by atoms with E-state index in [2.05, 4.69) is 43.8 Å².